The summed E-state index contributed by atoms with van der Waals surface area (Å²) in [6, 6.07) is 20.6. The van der Waals surface area contributed by atoms with Gasteiger partial charge in [-0.3, -0.25) is 0 Å². The molecule has 0 saturated carbocycles. The van der Waals surface area contributed by atoms with Crippen LogP contribution in [-0.4, -0.2) is 54.3 Å². The number of rotatable bonds is 6. The van der Waals surface area contributed by atoms with Gasteiger partial charge in [-0.1, -0.05) is 53.6 Å². The molecule has 0 spiro atoms. The van der Waals surface area contributed by atoms with Crippen LogP contribution in [0.3, 0.4) is 0 Å². The van der Waals surface area contributed by atoms with E-state index in [1.165, 1.54) is 5.56 Å². The third kappa shape index (κ3) is 4.96. The molecule has 0 radical (unpaired) electrons. The van der Waals surface area contributed by atoms with E-state index in [4.69, 9.17) is 4.42 Å². The van der Waals surface area contributed by atoms with Gasteiger partial charge < -0.3 is 9.32 Å². The van der Waals surface area contributed by atoms with Crippen LogP contribution in [0.5, 0.6) is 0 Å². The molecule has 2 saturated heterocycles. The van der Waals surface area contributed by atoms with Gasteiger partial charge >= 0.3 is 6.01 Å². The minimum Gasteiger partial charge on any atom is -0.403 e. The maximum Gasteiger partial charge on any atom is 0.318 e. The minimum absolute atomic E-state index is 0.337. The SMILES string of the molecule is O=S(=O)(C1CCN(c2nnc(-c3ccccc3)o2)CC1)N1CCC(Cc2ccccc2)CC1. The standard InChI is InChI=1S/C25H30N4O3S/c30-33(31,29-17-11-21(12-18-29)19-20-7-3-1-4-8-20)23-13-15-28(16-14-23)25-27-26-24(32-25)22-9-5-2-6-10-22/h1-10,21,23H,11-19H2. The third-order valence-electron chi connectivity index (χ3n) is 6.87. The second kappa shape index (κ2) is 9.65. The molecule has 2 fully saturated rings. The Morgan fingerprint density at radius 2 is 1.45 bits per heavy atom. The normalized spacial score (nSPS) is 19.1. The Kier molecular flexibility index (Phi) is 6.46. The van der Waals surface area contributed by atoms with Gasteiger partial charge in [-0.25, -0.2) is 12.7 Å². The van der Waals surface area contributed by atoms with Gasteiger partial charge in [0, 0.05) is 31.7 Å². The number of aromatic nitrogens is 2. The molecule has 3 heterocycles. The molecule has 2 aromatic carbocycles. The summed E-state index contributed by atoms with van der Waals surface area (Å²) < 4.78 is 34.2. The van der Waals surface area contributed by atoms with Gasteiger partial charge in [0.25, 0.3) is 0 Å². The van der Waals surface area contributed by atoms with Gasteiger partial charge in [-0.15, -0.1) is 5.10 Å². The number of anilines is 1. The maximum atomic E-state index is 13.3. The Morgan fingerprint density at radius 3 is 2.12 bits per heavy atom. The Morgan fingerprint density at radius 1 is 0.818 bits per heavy atom. The van der Waals surface area contributed by atoms with Crippen molar-refractivity contribution in [2.45, 2.75) is 37.4 Å². The summed E-state index contributed by atoms with van der Waals surface area (Å²) in [5.41, 5.74) is 2.21. The van der Waals surface area contributed by atoms with E-state index in [0.29, 0.717) is 56.8 Å². The van der Waals surface area contributed by atoms with Crippen LogP contribution in [0, 0.1) is 5.92 Å². The summed E-state index contributed by atoms with van der Waals surface area (Å²) in [5, 5.41) is 8.00. The monoisotopic (exact) mass is 466 g/mol. The molecule has 0 atom stereocenters. The van der Waals surface area contributed by atoms with Crippen molar-refractivity contribution in [3.8, 4) is 11.5 Å². The molecule has 0 amide bonds. The zero-order valence-corrected chi connectivity index (χ0v) is 19.5. The first-order valence-corrected chi connectivity index (χ1v) is 13.3. The fourth-order valence-corrected chi connectivity index (χ4v) is 6.86. The van der Waals surface area contributed by atoms with Gasteiger partial charge in [0.2, 0.25) is 15.9 Å². The molecule has 0 unspecified atom stereocenters. The minimum atomic E-state index is -3.28. The molecule has 1 aromatic heterocycles. The molecule has 174 valence electrons. The number of benzene rings is 2. The van der Waals surface area contributed by atoms with Gasteiger partial charge in [0.05, 0.1) is 5.25 Å². The highest BCUT2D eigenvalue weighted by atomic mass is 32.2. The van der Waals surface area contributed by atoms with Gasteiger partial charge in [-0.05, 0) is 55.7 Å². The molecule has 5 rings (SSSR count). The first-order chi connectivity index (χ1) is 16.1. The van der Waals surface area contributed by atoms with Crippen LogP contribution in [0.2, 0.25) is 0 Å². The highest BCUT2D eigenvalue weighted by molar-refractivity contribution is 7.89. The van der Waals surface area contributed by atoms with Crippen LogP contribution >= 0.6 is 0 Å². The van der Waals surface area contributed by atoms with Crippen molar-refractivity contribution < 1.29 is 12.8 Å². The second-order valence-electron chi connectivity index (χ2n) is 9.02. The number of hydrogen-bond donors (Lipinski definition) is 0. The summed E-state index contributed by atoms with van der Waals surface area (Å²) in [6.07, 6.45) is 4.04. The second-order valence-corrected chi connectivity index (χ2v) is 11.2. The highest BCUT2D eigenvalue weighted by Crippen LogP contribution is 2.30. The van der Waals surface area contributed by atoms with Crippen LogP contribution in [0.25, 0.3) is 11.5 Å². The lowest BCUT2D eigenvalue weighted by atomic mass is 9.91. The van der Waals surface area contributed by atoms with E-state index in [1.807, 2.05) is 41.3 Å². The van der Waals surface area contributed by atoms with E-state index in [0.717, 1.165) is 24.8 Å². The van der Waals surface area contributed by atoms with Crippen molar-refractivity contribution in [3.63, 3.8) is 0 Å². The first kappa shape index (κ1) is 22.1. The van der Waals surface area contributed by atoms with Crippen LogP contribution in [-0.2, 0) is 16.4 Å². The molecular formula is C25H30N4O3S. The Hall–Kier alpha value is -2.71. The number of hydrogen-bond acceptors (Lipinski definition) is 6. The fraction of sp³-hybridized carbons (Fsp3) is 0.440. The molecule has 2 aliphatic heterocycles. The lowest BCUT2D eigenvalue weighted by Crippen LogP contribution is -2.48. The predicted octanol–water partition coefficient (Wildman–Crippen LogP) is 3.99. The third-order valence-corrected chi connectivity index (χ3v) is 9.27. The topological polar surface area (TPSA) is 79.5 Å². The Balaban J connectivity index is 1.14. The maximum absolute atomic E-state index is 13.3. The zero-order chi connectivity index (χ0) is 22.7. The van der Waals surface area contributed by atoms with Crippen molar-refractivity contribution in [2.75, 3.05) is 31.1 Å². The molecule has 0 aliphatic carbocycles. The number of sulfonamides is 1. The van der Waals surface area contributed by atoms with Gasteiger partial charge in [-0.2, -0.15) is 0 Å². The summed E-state index contributed by atoms with van der Waals surface area (Å²) >= 11 is 0. The van der Waals surface area contributed by atoms with E-state index in [2.05, 4.69) is 34.5 Å². The van der Waals surface area contributed by atoms with Gasteiger partial charge in [0.15, 0.2) is 0 Å². The van der Waals surface area contributed by atoms with E-state index in [-0.39, 0.29) is 5.25 Å². The number of piperidine rings is 2. The smallest absolute Gasteiger partial charge is 0.318 e. The predicted molar refractivity (Wildman–Crippen MR) is 128 cm³/mol. The van der Waals surface area contributed by atoms with Crippen molar-refractivity contribution in [3.05, 3.63) is 66.2 Å². The van der Waals surface area contributed by atoms with Crippen molar-refractivity contribution in [2.24, 2.45) is 5.92 Å². The summed E-state index contributed by atoms with van der Waals surface area (Å²) in [6.45, 7) is 2.46. The zero-order valence-electron chi connectivity index (χ0n) is 18.7. The quantitative estimate of drug-likeness (QED) is 0.547. The average molecular weight is 467 g/mol. The Labute approximate surface area is 195 Å². The molecule has 0 N–H and O–H groups in total. The molecule has 8 heteroatoms. The van der Waals surface area contributed by atoms with Crippen LogP contribution in [0.15, 0.2) is 65.1 Å². The van der Waals surface area contributed by atoms with Crippen molar-refractivity contribution in [1.29, 1.82) is 0 Å². The molecule has 2 aliphatic rings. The lowest BCUT2D eigenvalue weighted by molar-refractivity contribution is 0.269. The highest BCUT2D eigenvalue weighted by Gasteiger charge is 2.37. The summed E-state index contributed by atoms with van der Waals surface area (Å²) in [7, 11) is -3.28. The molecule has 33 heavy (non-hydrogen) atoms. The van der Waals surface area contributed by atoms with E-state index < -0.39 is 10.0 Å². The van der Waals surface area contributed by atoms with Gasteiger partial charge in [0.1, 0.15) is 0 Å². The Bertz CT molecular complexity index is 1130. The van der Waals surface area contributed by atoms with Crippen LogP contribution < -0.4 is 4.90 Å². The van der Waals surface area contributed by atoms with Crippen LogP contribution in [0.4, 0.5) is 6.01 Å². The molecule has 0 bridgehead atoms. The molecular weight excluding hydrogens is 436 g/mol. The first-order valence-electron chi connectivity index (χ1n) is 11.8. The van der Waals surface area contributed by atoms with Crippen molar-refractivity contribution in [1.82, 2.24) is 14.5 Å². The summed E-state index contributed by atoms with van der Waals surface area (Å²) in [4.78, 5) is 2.00. The largest absolute Gasteiger partial charge is 0.403 e. The summed E-state index contributed by atoms with van der Waals surface area (Å²) in [5.74, 6) is 1.04. The van der Waals surface area contributed by atoms with Crippen molar-refractivity contribution >= 4 is 16.0 Å². The van der Waals surface area contributed by atoms with Crippen LogP contribution in [0.1, 0.15) is 31.2 Å². The fourth-order valence-electron chi connectivity index (χ4n) is 4.91. The lowest BCUT2D eigenvalue weighted by Gasteiger charge is -2.36. The van der Waals surface area contributed by atoms with E-state index in [9.17, 15) is 8.42 Å². The van der Waals surface area contributed by atoms with E-state index in [1.54, 1.807) is 4.31 Å². The number of nitrogens with zero attached hydrogens (tertiary/aromatic N) is 4. The van der Waals surface area contributed by atoms with E-state index >= 15 is 0 Å². The average Bonchev–Trinajstić information content (AvgIpc) is 3.36. The molecule has 7 nitrogen and oxygen atoms in total. The molecule has 3 aromatic rings.